The predicted molar refractivity (Wildman–Crippen MR) is 258 cm³/mol. The minimum atomic E-state index is -2.21. The number of carbonyl (C=O) groups is 1. The molecule has 21 heterocycles. The van der Waals surface area contributed by atoms with Crippen LogP contribution in [0.3, 0.4) is 0 Å². The fraction of sp³-hybridized carbons (Fsp3) is 0.979. The maximum atomic E-state index is 11.7. The van der Waals surface area contributed by atoms with Gasteiger partial charge in [0.15, 0.2) is 44.0 Å². The lowest BCUT2D eigenvalue weighted by Gasteiger charge is -2.50. The van der Waals surface area contributed by atoms with Gasteiger partial charge in [0.2, 0.25) is 5.91 Å². The minimum absolute atomic E-state index is 0.169. The van der Waals surface area contributed by atoms with Crippen LogP contribution in [0, 0.1) is 0 Å². The second-order valence-electron chi connectivity index (χ2n) is 21.5. The highest BCUT2D eigenvalue weighted by molar-refractivity contribution is 5.72. The van der Waals surface area contributed by atoms with Crippen molar-refractivity contribution >= 4 is 5.91 Å². The number of ether oxygens (including phenoxy) is 14. The highest BCUT2D eigenvalue weighted by Crippen LogP contribution is 2.39. The van der Waals surface area contributed by atoms with Gasteiger partial charge in [-0.05, 0) is 13.0 Å². The molecule has 0 aliphatic carbocycles. The number of aliphatic hydroxyl groups excluding tert-OH is 20. The maximum Gasteiger partial charge on any atom is 0.216 e. The summed E-state index contributed by atoms with van der Waals surface area (Å²) >= 11 is 0. The largest absolute Gasteiger partial charge is 0.394 e. The van der Waals surface area contributed by atoms with Gasteiger partial charge in [0.1, 0.15) is 171 Å². The average Bonchev–Trinajstić information content (AvgIpc) is 3.59. The number of amides is 1. The Kier molecular flexibility index (Phi) is 24.1. The lowest BCUT2D eigenvalue weighted by Crippen LogP contribution is -2.68. The van der Waals surface area contributed by atoms with E-state index in [1.54, 1.807) is 0 Å². The first-order chi connectivity index (χ1) is 40.0. The smallest absolute Gasteiger partial charge is 0.216 e. The molecule has 35 atom stereocenters. The number of nitrogens with one attached hydrogen (secondary N) is 2. The van der Waals surface area contributed by atoms with Gasteiger partial charge >= 0.3 is 0 Å². The Morgan fingerprint density at radius 3 is 0.667 bits per heavy atom. The zero-order valence-corrected chi connectivity index (χ0v) is 44.8. The van der Waals surface area contributed by atoms with E-state index in [2.05, 4.69) is 10.6 Å². The van der Waals surface area contributed by atoms with E-state index in [0.29, 0.717) is 6.42 Å². The van der Waals surface area contributed by atoms with Crippen LogP contribution < -0.4 is 10.6 Å². The molecule has 488 valence electrons. The van der Waals surface area contributed by atoms with Crippen LogP contribution in [0.2, 0.25) is 0 Å². The maximum absolute atomic E-state index is 11.7. The monoisotopic (exact) mass is 1230 g/mol. The number of rotatable bonds is 12. The molecule has 0 aromatic rings. The first-order valence-electron chi connectivity index (χ1n) is 27.3. The molecule has 21 fully saturated rings. The van der Waals surface area contributed by atoms with Crippen molar-refractivity contribution in [3.05, 3.63) is 0 Å². The zero-order valence-electron chi connectivity index (χ0n) is 44.8. The van der Waals surface area contributed by atoms with Gasteiger partial charge in [0.25, 0.3) is 0 Å². The molecule has 21 rings (SSSR count). The molecule has 0 saturated carbocycles. The van der Waals surface area contributed by atoms with Crippen LogP contribution in [0.25, 0.3) is 0 Å². The summed E-state index contributed by atoms with van der Waals surface area (Å²) in [7, 11) is 0. The Morgan fingerprint density at radius 2 is 0.476 bits per heavy atom. The Balaban J connectivity index is 1.09. The Hall–Kier alpha value is -1.93. The van der Waals surface area contributed by atoms with Gasteiger partial charge < -0.3 is 179 Å². The highest BCUT2D eigenvalue weighted by Gasteiger charge is 2.59. The standard InChI is InChI=1S/C47H80N2O35/c1-12(56)49-4-2-3-48-5-13-34-20(57)27(64)41(71-13)79-35-14(6-50)73-43(29(66)22(35)59)81-37-16(8-52)75-45(31(68)24(37)61)83-39-18(10-54)77-47(33(70)26(39)63)84-40-19(11-55)76-46(32(69)25(40)62)82-38-17(9-53)74-44(30(67)23(38)60)80-36-15(7-51)72-42(78-34)28(65)21(36)58/h13-48,50-55,57-70H,2-11H2,1H3,(H,49,56)/t13-,14+,15-,16+,17-,18+,19-,20+,21+,22+,23+,24-,25+,26+,27+,28+,29-,30+,31-,32+,33+,34+,35+,36+,37+,38+,39+,40+,41+,42+,43+,44+,45+,46+,47+/m0/s1. The fourth-order valence-electron chi connectivity index (χ4n) is 11.2. The lowest BCUT2D eigenvalue weighted by atomic mass is 9.95. The van der Waals surface area contributed by atoms with Crippen LogP contribution in [0.15, 0.2) is 0 Å². The van der Waals surface area contributed by atoms with Crippen molar-refractivity contribution in [2.24, 2.45) is 0 Å². The van der Waals surface area contributed by atoms with Gasteiger partial charge in [-0.25, -0.2) is 0 Å². The van der Waals surface area contributed by atoms with Crippen molar-refractivity contribution in [1.82, 2.24) is 10.6 Å². The minimum Gasteiger partial charge on any atom is -0.394 e. The number of carbonyl (C=O) groups excluding carboxylic acids is 1. The van der Waals surface area contributed by atoms with Gasteiger partial charge in [-0.2, -0.15) is 0 Å². The number of hydrogen-bond acceptors (Lipinski definition) is 36. The van der Waals surface area contributed by atoms with Crippen LogP contribution in [-0.2, 0) is 71.1 Å². The molecule has 84 heavy (non-hydrogen) atoms. The van der Waals surface area contributed by atoms with Gasteiger partial charge in [-0.3, -0.25) is 4.79 Å². The Morgan fingerprint density at radius 1 is 0.286 bits per heavy atom. The van der Waals surface area contributed by atoms with Gasteiger partial charge in [-0.1, -0.05) is 0 Å². The third kappa shape index (κ3) is 14.3. The molecule has 0 spiro atoms. The highest BCUT2D eigenvalue weighted by atomic mass is 16.8. The quantitative estimate of drug-likeness (QED) is 0.0807. The van der Waals surface area contributed by atoms with Crippen molar-refractivity contribution in [2.45, 2.75) is 228 Å². The number of aliphatic hydroxyl groups is 20. The number of hydrogen-bond donors (Lipinski definition) is 22. The molecule has 0 aromatic heterocycles. The third-order valence-corrected chi connectivity index (χ3v) is 15.9. The van der Waals surface area contributed by atoms with E-state index in [0.717, 1.165) is 0 Å². The van der Waals surface area contributed by atoms with E-state index >= 15 is 0 Å². The SMILES string of the molecule is CC(=O)NCCCNC[C@@H]1O[C@@H]2O[C@H]3[C@H](O)[C@H](O)[C@@H](O[C@H]4[C@@H](O)[C@H](O)[C@@H](O[C@H]5[C@H](O)[C@@H](O)[C@@H](O[C@H]6[C@H](O)[C@@H](O)[C@@H](O[C@H]7[C@H](O)[C@@H](O)[C@@H](O[C@H]8[C@H](O)[C@@H](O)[C@@H](O[C@H]1[C@H](O)[C@H]2O)O[C@H]8CO)O[C@H]7CO)O[C@H]6CO)O[C@@H]5CO)O[C@@H]4CO)O[C@@H]3CO. The van der Waals surface area contributed by atoms with E-state index < -0.39 is 255 Å². The molecule has 0 aromatic carbocycles. The fourth-order valence-corrected chi connectivity index (χ4v) is 11.2. The van der Waals surface area contributed by atoms with Crippen LogP contribution >= 0.6 is 0 Å². The Bertz CT molecular complexity index is 2020. The summed E-state index contributed by atoms with van der Waals surface area (Å²) in [6.07, 6.45) is -69.4. The van der Waals surface area contributed by atoms with Crippen molar-refractivity contribution in [2.75, 3.05) is 59.3 Å². The summed E-state index contributed by atoms with van der Waals surface area (Å²) in [5.74, 6) is -0.315. The summed E-state index contributed by atoms with van der Waals surface area (Å²) in [5, 5.41) is 228. The van der Waals surface area contributed by atoms with Crippen molar-refractivity contribution in [3.8, 4) is 0 Å². The summed E-state index contributed by atoms with van der Waals surface area (Å²) in [6, 6.07) is 0. The lowest BCUT2D eigenvalue weighted by molar-refractivity contribution is -0.396. The van der Waals surface area contributed by atoms with Crippen LogP contribution in [0.4, 0.5) is 0 Å². The van der Waals surface area contributed by atoms with Crippen LogP contribution in [-0.4, -0.2) is 382 Å². The molecular formula is C47H80N2O35. The molecule has 22 N–H and O–H groups in total. The second kappa shape index (κ2) is 29.8. The van der Waals surface area contributed by atoms with Gasteiger partial charge in [0, 0.05) is 20.0 Å². The van der Waals surface area contributed by atoms with E-state index in [1.807, 2.05) is 0 Å². The molecule has 37 nitrogen and oxygen atoms in total. The van der Waals surface area contributed by atoms with Crippen molar-refractivity contribution in [1.29, 1.82) is 0 Å². The predicted octanol–water partition coefficient (Wildman–Crippen LogP) is -15.1. The molecule has 21 aliphatic heterocycles. The van der Waals surface area contributed by atoms with E-state index in [9.17, 15) is 107 Å². The molecule has 14 bridgehead atoms. The summed E-state index contributed by atoms with van der Waals surface area (Å²) in [6.45, 7) is -4.88. The van der Waals surface area contributed by atoms with E-state index in [1.165, 1.54) is 6.92 Å². The third-order valence-electron chi connectivity index (χ3n) is 15.9. The van der Waals surface area contributed by atoms with Crippen LogP contribution in [0.1, 0.15) is 13.3 Å². The second-order valence-corrected chi connectivity index (χ2v) is 21.5. The molecule has 37 heteroatoms. The van der Waals surface area contributed by atoms with Crippen molar-refractivity contribution in [3.63, 3.8) is 0 Å². The van der Waals surface area contributed by atoms with E-state index in [4.69, 9.17) is 66.3 Å². The summed E-state index contributed by atoms with van der Waals surface area (Å²) in [4.78, 5) is 11.5. The zero-order chi connectivity index (χ0) is 61.2. The topological polar surface area (TPSA) is 575 Å². The molecule has 0 unspecified atom stereocenters. The average molecular weight is 1230 g/mol. The molecule has 21 aliphatic rings. The molecule has 1 amide bonds. The molecule has 21 saturated heterocycles. The first-order valence-corrected chi connectivity index (χ1v) is 27.3. The normalized spacial score (nSPS) is 51.7. The summed E-state index contributed by atoms with van der Waals surface area (Å²) < 4.78 is 81.0. The summed E-state index contributed by atoms with van der Waals surface area (Å²) in [5.41, 5.74) is 0. The molecule has 0 radical (unpaired) electrons. The Labute approximate surface area is 476 Å². The first kappa shape index (κ1) is 68.0. The van der Waals surface area contributed by atoms with Crippen molar-refractivity contribution < 1.29 is 173 Å². The van der Waals surface area contributed by atoms with E-state index in [-0.39, 0.29) is 25.5 Å². The van der Waals surface area contributed by atoms with Crippen LogP contribution in [0.5, 0.6) is 0 Å². The van der Waals surface area contributed by atoms with Gasteiger partial charge in [-0.15, -0.1) is 0 Å². The molecular weight excluding hydrogens is 1150 g/mol. The van der Waals surface area contributed by atoms with Gasteiger partial charge in [0.05, 0.1) is 39.6 Å².